The molecule has 154 valence electrons. The van der Waals surface area contributed by atoms with Crippen molar-refractivity contribution in [2.75, 3.05) is 13.1 Å². The van der Waals surface area contributed by atoms with Gasteiger partial charge in [0, 0.05) is 13.1 Å². The van der Waals surface area contributed by atoms with Gasteiger partial charge >= 0.3 is 6.36 Å². The topological polar surface area (TPSA) is 108 Å². The first-order chi connectivity index (χ1) is 13.7. The molecule has 10 nitrogen and oxygen atoms in total. The lowest BCUT2D eigenvalue weighted by molar-refractivity contribution is -0.274. The summed E-state index contributed by atoms with van der Waals surface area (Å²) in [5, 5.41) is 16.0. The van der Waals surface area contributed by atoms with Crippen LogP contribution in [0.15, 0.2) is 47.8 Å². The molecule has 1 fully saturated rings. The Morgan fingerprint density at radius 3 is 2.38 bits per heavy atom. The zero-order valence-electron chi connectivity index (χ0n) is 14.6. The van der Waals surface area contributed by atoms with Crippen molar-refractivity contribution < 1.29 is 26.3 Å². The van der Waals surface area contributed by atoms with Crippen LogP contribution in [0.25, 0.3) is 0 Å². The molecule has 0 N–H and O–H groups in total. The molecular weight excluding hydrogens is 415 g/mol. The Morgan fingerprint density at radius 1 is 1.10 bits per heavy atom. The molecule has 1 saturated heterocycles. The first-order valence-electron chi connectivity index (χ1n) is 8.31. The second-order valence-electron chi connectivity index (χ2n) is 6.24. The van der Waals surface area contributed by atoms with Gasteiger partial charge in [-0.3, -0.25) is 0 Å². The van der Waals surface area contributed by atoms with Gasteiger partial charge in [-0.05, 0) is 24.3 Å². The van der Waals surface area contributed by atoms with Crippen molar-refractivity contribution >= 4 is 10.0 Å². The van der Waals surface area contributed by atoms with Gasteiger partial charge in [0.2, 0.25) is 10.0 Å². The summed E-state index contributed by atoms with van der Waals surface area (Å²) in [6.07, 6.45) is -0.0573. The Bertz CT molecular complexity index is 1080. The second kappa shape index (κ2) is 7.11. The highest BCUT2D eigenvalue weighted by Gasteiger charge is 2.38. The maximum atomic E-state index is 12.6. The molecule has 0 atom stereocenters. The number of nitrogens with zero attached hydrogens (tertiary/aromatic N) is 7. The van der Waals surface area contributed by atoms with Gasteiger partial charge in [-0.25, -0.2) is 13.1 Å². The molecular formula is C15H14F3N7O3S. The van der Waals surface area contributed by atoms with Gasteiger partial charge in [-0.2, -0.15) is 19.3 Å². The van der Waals surface area contributed by atoms with Gasteiger partial charge in [0.1, 0.15) is 18.0 Å². The summed E-state index contributed by atoms with van der Waals surface area (Å²) in [7, 11) is -3.83. The predicted molar refractivity (Wildman–Crippen MR) is 90.1 cm³/mol. The molecule has 1 aliphatic rings. The Balaban J connectivity index is 1.38. The summed E-state index contributed by atoms with van der Waals surface area (Å²) < 4.78 is 68.4. The van der Waals surface area contributed by atoms with Gasteiger partial charge < -0.3 is 4.74 Å². The van der Waals surface area contributed by atoms with Gasteiger partial charge in [0.15, 0.2) is 0 Å². The van der Waals surface area contributed by atoms with E-state index >= 15 is 0 Å². The van der Waals surface area contributed by atoms with Crippen LogP contribution in [0.3, 0.4) is 0 Å². The molecule has 0 aliphatic carbocycles. The van der Waals surface area contributed by atoms with Crippen LogP contribution >= 0.6 is 0 Å². The summed E-state index contributed by atoms with van der Waals surface area (Å²) >= 11 is 0. The third-order valence-corrected chi connectivity index (χ3v) is 6.07. The second-order valence-corrected chi connectivity index (χ2v) is 8.18. The normalized spacial score (nSPS) is 16.0. The molecule has 3 heterocycles. The van der Waals surface area contributed by atoms with Gasteiger partial charge in [-0.1, -0.05) is 5.21 Å². The first-order valence-corrected chi connectivity index (χ1v) is 9.75. The molecule has 4 rings (SSSR count). The molecule has 0 amide bonds. The zero-order chi connectivity index (χ0) is 20.6. The van der Waals surface area contributed by atoms with E-state index in [1.165, 1.54) is 9.10 Å². The van der Waals surface area contributed by atoms with E-state index in [-0.39, 0.29) is 24.0 Å². The third-order valence-electron chi connectivity index (χ3n) is 4.23. The number of alkyl halides is 3. The Morgan fingerprint density at radius 2 is 1.76 bits per heavy atom. The zero-order valence-corrected chi connectivity index (χ0v) is 15.5. The number of sulfonamides is 1. The monoisotopic (exact) mass is 429 g/mol. The van der Waals surface area contributed by atoms with Gasteiger partial charge in [0.25, 0.3) is 0 Å². The lowest BCUT2D eigenvalue weighted by atomic mass is 10.2. The minimum absolute atomic E-state index is 0.116. The fourth-order valence-electron chi connectivity index (χ4n) is 2.78. The summed E-state index contributed by atoms with van der Waals surface area (Å²) in [6, 6.07) is 3.89. The van der Waals surface area contributed by atoms with Crippen LogP contribution < -0.4 is 4.74 Å². The van der Waals surface area contributed by atoms with Crippen LogP contribution in [-0.4, -0.2) is 62.2 Å². The number of hydrogen-bond acceptors (Lipinski definition) is 7. The average Bonchev–Trinajstić information content (AvgIpc) is 3.25. The smallest absolute Gasteiger partial charge is 0.406 e. The Labute approximate surface area is 162 Å². The standard InChI is InChI=1S/C15H14F3N7O3S/c16-15(17,18)28-13-1-3-14(4-2-13)29(26,27)23-9-12(10-23)24-7-11(21-22-24)8-25-19-5-6-20-25/h1-7,12H,8-10H2. The van der Waals surface area contributed by atoms with E-state index in [4.69, 9.17) is 0 Å². The third kappa shape index (κ3) is 4.22. The van der Waals surface area contributed by atoms with E-state index in [1.54, 1.807) is 23.3 Å². The fourth-order valence-corrected chi connectivity index (χ4v) is 4.29. The number of aromatic nitrogens is 6. The molecule has 1 aliphatic heterocycles. The molecule has 0 unspecified atom stereocenters. The van der Waals surface area contributed by atoms with Crippen molar-refractivity contribution in [3.8, 4) is 5.75 Å². The van der Waals surface area contributed by atoms with Gasteiger partial charge in [-0.15, -0.1) is 18.3 Å². The molecule has 0 bridgehead atoms. The maximum Gasteiger partial charge on any atom is 0.573 e. The van der Waals surface area contributed by atoms with Crippen molar-refractivity contribution in [3.63, 3.8) is 0 Å². The lowest BCUT2D eigenvalue weighted by Crippen LogP contribution is -2.50. The largest absolute Gasteiger partial charge is 0.573 e. The summed E-state index contributed by atoms with van der Waals surface area (Å²) in [4.78, 5) is 1.33. The van der Waals surface area contributed by atoms with Crippen molar-refractivity contribution in [2.45, 2.75) is 23.8 Å². The summed E-state index contributed by atoms with van der Waals surface area (Å²) in [5.41, 5.74) is 0.628. The van der Waals surface area contributed by atoms with Crippen LogP contribution in [0.2, 0.25) is 0 Å². The molecule has 29 heavy (non-hydrogen) atoms. The fraction of sp³-hybridized carbons (Fsp3) is 0.333. The van der Waals surface area contributed by atoms with E-state index in [1.807, 2.05) is 0 Å². The number of halogens is 3. The molecule has 3 aromatic rings. The molecule has 0 radical (unpaired) electrons. The highest BCUT2D eigenvalue weighted by molar-refractivity contribution is 7.89. The Kier molecular flexibility index (Phi) is 4.74. The van der Waals surface area contributed by atoms with Crippen molar-refractivity contribution in [1.29, 1.82) is 0 Å². The number of rotatable bonds is 6. The predicted octanol–water partition coefficient (Wildman–Crippen LogP) is 1.06. The molecule has 0 spiro atoms. The number of hydrogen-bond donors (Lipinski definition) is 0. The van der Waals surface area contributed by atoms with Crippen LogP contribution in [0.4, 0.5) is 13.2 Å². The minimum atomic E-state index is -4.84. The highest BCUT2D eigenvalue weighted by Crippen LogP contribution is 2.29. The van der Waals surface area contributed by atoms with E-state index in [0.717, 1.165) is 24.3 Å². The molecule has 1 aromatic carbocycles. The lowest BCUT2D eigenvalue weighted by Gasteiger charge is -2.37. The van der Waals surface area contributed by atoms with Crippen molar-refractivity contribution in [3.05, 3.63) is 48.5 Å². The van der Waals surface area contributed by atoms with E-state index in [9.17, 15) is 21.6 Å². The minimum Gasteiger partial charge on any atom is -0.406 e. The average molecular weight is 429 g/mol. The van der Waals surface area contributed by atoms with Crippen molar-refractivity contribution in [1.82, 2.24) is 34.3 Å². The Hall–Kier alpha value is -3.00. The SMILES string of the molecule is O=S(=O)(c1ccc(OC(F)(F)F)cc1)N1CC(n2cc(Cn3nccn3)nn2)C1. The van der Waals surface area contributed by atoms with Crippen molar-refractivity contribution in [2.24, 2.45) is 0 Å². The van der Waals surface area contributed by atoms with Crippen LogP contribution in [0, 0.1) is 0 Å². The van der Waals surface area contributed by atoms with Crippen LogP contribution in [-0.2, 0) is 16.6 Å². The maximum absolute atomic E-state index is 12.6. The van der Waals surface area contributed by atoms with E-state index in [2.05, 4.69) is 25.2 Å². The number of ether oxygens (including phenoxy) is 1. The van der Waals surface area contributed by atoms with Crippen LogP contribution in [0.5, 0.6) is 5.75 Å². The molecule has 2 aromatic heterocycles. The molecule has 0 saturated carbocycles. The highest BCUT2D eigenvalue weighted by atomic mass is 32.2. The quantitative estimate of drug-likeness (QED) is 0.577. The van der Waals surface area contributed by atoms with Gasteiger partial charge in [0.05, 0.1) is 29.5 Å². The van der Waals surface area contributed by atoms with Crippen LogP contribution in [0.1, 0.15) is 11.7 Å². The first kappa shape index (κ1) is 19.3. The summed E-state index contributed by atoms with van der Waals surface area (Å²) in [6.45, 7) is 0.686. The summed E-state index contributed by atoms with van der Waals surface area (Å²) in [5.74, 6) is -0.486. The van der Waals surface area contributed by atoms with E-state index in [0.29, 0.717) is 12.2 Å². The van der Waals surface area contributed by atoms with E-state index < -0.39 is 22.1 Å². The number of benzene rings is 1. The molecule has 14 heteroatoms.